The van der Waals surface area contributed by atoms with Crippen LogP contribution < -0.4 is 10.6 Å². The molecule has 1 amide bonds. The van der Waals surface area contributed by atoms with E-state index in [0.717, 1.165) is 12.8 Å². The van der Waals surface area contributed by atoms with Gasteiger partial charge in [0.2, 0.25) is 5.91 Å². The van der Waals surface area contributed by atoms with Crippen molar-refractivity contribution >= 4 is 11.6 Å². The van der Waals surface area contributed by atoms with E-state index in [1.54, 1.807) is 18.2 Å². The Hall–Kier alpha value is -1.42. The second-order valence-corrected chi connectivity index (χ2v) is 5.10. The van der Waals surface area contributed by atoms with Gasteiger partial charge < -0.3 is 10.6 Å². The first-order chi connectivity index (χ1) is 9.25. The third-order valence-electron chi connectivity index (χ3n) is 3.55. The highest BCUT2D eigenvalue weighted by molar-refractivity contribution is 5.92. The van der Waals surface area contributed by atoms with E-state index in [0.29, 0.717) is 6.04 Å². The fourth-order valence-electron chi connectivity index (χ4n) is 2.48. The summed E-state index contributed by atoms with van der Waals surface area (Å²) < 4.78 is 13.4. The van der Waals surface area contributed by atoms with Crippen molar-refractivity contribution < 1.29 is 9.18 Å². The van der Waals surface area contributed by atoms with Gasteiger partial charge in [-0.15, -0.1) is 0 Å². The van der Waals surface area contributed by atoms with Crippen LogP contribution in [0.4, 0.5) is 10.1 Å². The monoisotopic (exact) mass is 264 g/mol. The van der Waals surface area contributed by atoms with E-state index in [-0.39, 0.29) is 18.1 Å². The van der Waals surface area contributed by atoms with Crippen LogP contribution in [0.5, 0.6) is 0 Å². The van der Waals surface area contributed by atoms with Crippen molar-refractivity contribution in [1.29, 1.82) is 0 Å². The van der Waals surface area contributed by atoms with Gasteiger partial charge >= 0.3 is 0 Å². The second kappa shape index (κ2) is 7.24. The van der Waals surface area contributed by atoms with E-state index in [1.807, 2.05) is 0 Å². The number of hydrogen-bond donors (Lipinski definition) is 2. The van der Waals surface area contributed by atoms with E-state index in [4.69, 9.17) is 0 Å². The molecule has 1 aromatic carbocycles. The summed E-state index contributed by atoms with van der Waals surface area (Å²) >= 11 is 0. The maximum Gasteiger partial charge on any atom is 0.238 e. The predicted octanol–water partition coefficient (Wildman–Crippen LogP) is 3.08. The number of para-hydroxylation sites is 1. The molecular formula is C15H21FN2O. The van der Waals surface area contributed by atoms with Crippen LogP contribution in [0.2, 0.25) is 0 Å². The number of carbonyl (C=O) groups excluding carboxylic acids is 1. The molecule has 2 N–H and O–H groups in total. The minimum atomic E-state index is -0.398. The molecule has 104 valence electrons. The van der Waals surface area contributed by atoms with Crippen molar-refractivity contribution in [2.45, 2.75) is 44.6 Å². The molecule has 0 radical (unpaired) electrons. The summed E-state index contributed by atoms with van der Waals surface area (Å²) in [5, 5.41) is 5.86. The fraction of sp³-hybridized carbons (Fsp3) is 0.533. The van der Waals surface area contributed by atoms with Gasteiger partial charge in [-0.2, -0.15) is 0 Å². The third-order valence-corrected chi connectivity index (χ3v) is 3.55. The zero-order chi connectivity index (χ0) is 13.5. The quantitative estimate of drug-likeness (QED) is 0.821. The minimum Gasteiger partial charge on any atom is -0.322 e. The molecule has 1 aliphatic rings. The molecule has 4 heteroatoms. The number of rotatable bonds is 4. The summed E-state index contributed by atoms with van der Waals surface area (Å²) in [5.74, 6) is -0.584. The lowest BCUT2D eigenvalue weighted by Crippen LogP contribution is -2.35. The van der Waals surface area contributed by atoms with Gasteiger partial charge in [-0.3, -0.25) is 4.79 Å². The lowest BCUT2D eigenvalue weighted by atomic mass is 10.1. The summed E-state index contributed by atoms with van der Waals surface area (Å²) in [6, 6.07) is 6.65. The van der Waals surface area contributed by atoms with E-state index < -0.39 is 5.82 Å². The van der Waals surface area contributed by atoms with Crippen LogP contribution in [0.15, 0.2) is 24.3 Å². The Balaban J connectivity index is 1.76. The molecule has 1 saturated carbocycles. The van der Waals surface area contributed by atoms with Crippen molar-refractivity contribution in [3.05, 3.63) is 30.1 Å². The number of hydrogen-bond acceptors (Lipinski definition) is 2. The molecule has 0 saturated heterocycles. The number of carbonyl (C=O) groups is 1. The van der Waals surface area contributed by atoms with E-state index in [9.17, 15) is 9.18 Å². The van der Waals surface area contributed by atoms with Gasteiger partial charge in [-0.25, -0.2) is 4.39 Å². The molecule has 0 aliphatic heterocycles. The zero-order valence-electron chi connectivity index (χ0n) is 11.1. The average molecular weight is 264 g/mol. The molecular weight excluding hydrogens is 243 g/mol. The number of benzene rings is 1. The number of anilines is 1. The van der Waals surface area contributed by atoms with Crippen molar-refractivity contribution in [2.24, 2.45) is 0 Å². The van der Waals surface area contributed by atoms with Gasteiger partial charge in [0.25, 0.3) is 0 Å². The smallest absolute Gasteiger partial charge is 0.238 e. The standard InChI is InChI=1S/C15H21FN2O/c16-13-9-5-6-10-14(13)18-15(19)11-17-12-7-3-1-2-4-8-12/h5-6,9-10,12,17H,1-4,7-8,11H2,(H,18,19). The summed E-state index contributed by atoms with van der Waals surface area (Å²) in [6.07, 6.45) is 7.30. The van der Waals surface area contributed by atoms with E-state index in [1.165, 1.54) is 31.7 Å². The molecule has 2 rings (SSSR count). The Bertz CT molecular complexity index is 414. The van der Waals surface area contributed by atoms with Crippen molar-refractivity contribution in [2.75, 3.05) is 11.9 Å². The molecule has 1 aliphatic carbocycles. The average Bonchev–Trinajstić information content (AvgIpc) is 2.68. The van der Waals surface area contributed by atoms with Crippen molar-refractivity contribution in [1.82, 2.24) is 5.32 Å². The van der Waals surface area contributed by atoms with Gasteiger partial charge in [0.1, 0.15) is 5.82 Å². The van der Waals surface area contributed by atoms with Gasteiger partial charge in [0.15, 0.2) is 0 Å². The highest BCUT2D eigenvalue weighted by Crippen LogP contribution is 2.17. The van der Waals surface area contributed by atoms with Crippen LogP contribution in [-0.4, -0.2) is 18.5 Å². The highest BCUT2D eigenvalue weighted by atomic mass is 19.1. The number of nitrogens with one attached hydrogen (secondary N) is 2. The highest BCUT2D eigenvalue weighted by Gasteiger charge is 2.13. The molecule has 1 aromatic rings. The van der Waals surface area contributed by atoms with Crippen molar-refractivity contribution in [3.8, 4) is 0 Å². The van der Waals surface area contributed by atoms with Crippen LogP contribution in [0.25, 0.3) is 0 Å². The van der Waals surface area contributed by atoms with Crippen LogP contribution in [0.1, 0.15) is 38.5 Å². The van der Waals surface area contributed by atoms with Gasteiger partial charge in [-0.1, -0.05) is 37.8 Å². The topological polar surface area (TPSA) is 41.1 Å². The second-order valence-electron chi connectivity index (χ2n) is 5.10. The normalized spacial score (nSPS) is 16.9. The van der Waals surface area contributed by atoms with Crippen LogP contribution in [0, 0.1) is 5.82 Å². The number of amides is 1. The first-order valence-corrected chi connectivity index (χ1v) is 7.03. The Morgan fingerprint density at radius 1 is 1.16 bits per heavy atom. The summed E-state index contributed by atoms with van der Waals surface area (Å²) in [7, 11) is 0. The zero-order valence-corrected chi connectivity index (χ0v) is 11.1. The maximum absolute atomic E-state index is 13.4. The molecule has 0 bridgehead atoms. The largest absolute Gasteiger partial charge is 0.322 e. The summed E-state index contributed by atoms with van der Waals surface area (Å²) in [6.45, 7) is 0.249. The Morgan fingerprint density at radius 3 is 2.53 bits per heavy atom. The molecule has 3 nitrogen and oxygen atoms in total. The van der Waals surface area contributed by atoms with Crippen LogP contribution in [0.3, 0.4) is 0 Å². The minimum absolute atomic E-state index is 0.186. The Morgan fingerprint density at radius 2 is 1.84 bits per heavy atom. The van der Waals surface area contributed by atoms with Crippen molar-refractivity contribution in [3.63, 3.8) is 0 Å². The predicted molar refractivity (Wildman–Crippen MR) is 74.5 cm³/mol. The summed E-state index contributed by atoms with van der Waals surface area (Å²) in [4.78, 5) is 11.8. The molecule has 0 spiro atoms. The lowest BCUT2D eigenvalue weighted by Gasteiger charge is -2.15. The van der Waals surface area contributed by atoms with Gasteiger partial charge in [-0.05, 0) is 25.0 Å². The Labute approximate surface area is 113 Å². The molecule has 0 unspecified atom stereocenters. The number of halogens is 1. The third kappa shape index (κ3) is 4.63. The molecule has 19 heavy (non-hydrogen) atoms. The molecule has 0 heterocycles. The van der Waals surface area contributed by atoms with Gasteiger partial charge in [0.05, 0.1) is 12.2 Å². The molecule has 0 aromatic heterocycles. The fourth-order valence-corrected chi connectivity index (χ4v) is 2.48. The van der Waals surface area contributed by atoms with Crippen LogP contribution >= 0.6 is 0 Å². The molecule has 1 fully saturated rings. The van der Waals surface area contributed by atoms with Crippen LogP contribution in [-0.2, 0) is 4.79 Å². The molecule has 0 atom stereocenters. The van der Waals surface area contributed by atoms with E-state index in [2.05, 4.69) is 10.6 Å². The SMILES string of the molecule is O=C(CNC1CCCCCC1)Nc1ccccc1F. The van der Waals surface area contributed by atoms with Gasteiger partial charge in [0, 0.05) is 6.04 Å². The maximum atomic E-state index is 13.4. The lowest BCUT2D eigenvalue weighted by molar-refractivity contribution is -0.115. The Kier molecular flexibility index (Phi) is 5.33. The first kappa shape index (κ1) is 14.0. The van der Waals surface area contributed by atoms with E-state index >= 15 is 0 Å². The first-order valence-electron chi connectivity index (χ1n) is 7.03. The summed E-state index contributed by atoms with van der Waals surface area (Å²) in [5.41, 5.74) is 0.246.